The number of fused-ring (bicyclic) bond motifs is 1. The number of benzene rings is 1. The van der Waals surface area contributed by atoms with Crippen LogP contribution in [-0.2, 0) is 14.3 Å². The van der Waals surface area contributed by atoms with Crippen LogP contribution in [0.15, 0.2) is 54.7 Å². The predicted molar refractivity (Wildman–Crippen MR) is 134 cm³/mol. The number of nitrogens with zero attached hydrogens (tertiary/aromatic N) is 4. The van der Waals surface area contributed by atoms with Crippen molar-refractivity contribution in [1.29, 1.82) is 0 Å². The van der Waals surface area contributed by atoms with Crippen LogP contribution in [0.2, 0.25) is 0 Å². The minimum Gasteiger partial charge on any atom is -0.389 e. The lowest BCUT2D eigenvalue weighted by Gasteiger charge is -2.44. The summed E-state index contributed by atoms with van der Waals surface area (Å²) in [7, 11) is 0. The summed E-state index contributed by atoms with van der Waals surface area (Å²) in [5.74, 6) is -0.115. The van der Waals surface area contributed by atoms with Gasteiger partial charge in [0.1, 0.15) is 11.8 Å². The van der Waals surface area contributed by atoms with E-state index in [1.165, 1.54) is 5.69 Å². The maximum atomic E-state index is 13.3. The molecule has 1 aromatic carbocycles. The number of carbonyl (C=O) groups is 2. The van der Waals surface area contributed by atoms with Crippen molar-refractivity contribution in [2.24, 2.45) is 0 Å². The van der Waals surface area contributed by atoms with Gasteiger partial charge in [0, 0.05) is 44.6 Å². The standard InChI is InChI=1S/C27H34N4O5/c32-21-17-31(27(34)23-8-4-5-11-28-23)24-10-9-22(36-25(24)19-35-18-21)16-26(33)30-14-12-29(13-15-30)20-6-2-1-3-7-20/h1-8,11,21-22,24-25,32H,9-10,12-19H2/t21-,22+,24+,25-/m0/s1. The molecule has 4 atom stereocenters. The summed E-state index contributed by atoms with van der Waals surface area (Å²) in [4.78, 5) is 36.5. The number of aromatic nitrogens is 1. The number of carbonyl (C=O) groups excluding carboxylic acids is 2. The van der Waals surface area contributed by atoms with E-state index >= 15 is 0 Å². The Balaban J connectivity index is 1.18. The smallest absolute Gasteiger partial charge is 0.272 e. The monoisotopic (exact) mass is 494 g/mol. The van der Waals surface area contributed by atoms with E-state index in [-0.39, 0.29) is 49.8 Å². The number of ether oxygens (including phenoxy) is 2. The topological polar surface area (TPSA) is 95.4 Å². The van der Waals surface area contributed by atoms with Crippen LogP contribution in [0, 0.1) is 0 Å². The maximum Gasteiger partial charge on any atom is 0.272 e. The molecule has 0 unspecified atom stereocenters. The molecule has 9 heteroatoms. The van der Waals surface area contributed by atoms with Crippen molar-refractivity contribution in [1.82, 2.24) is 14.8 Å². The summed E-state index contributed by atoms with van der Waals surface area (Å²) in [6.45, 7) is 3.58. The summed E-state index contributed by atoms with van der Waals surface area (Å²) in [6.07, 6.45) is 1.92. The average Bonchev–Trinajstić information content (AvgIpc) is 2.92. The summed E-state index contributed by atoms with van der Waals surface area (Å²) in [6, 6.07) is 15.3. The molecule has 3 fully saturated rings. The first kappa shape index (κ1) is 24.7. The molecule has 2 aromatic rings. The van der Waals surface area contributed by atoms with Gasteiger partial charge in [0.25, 0.3) is 5.91 Å². The van der Waals surface area contributed by atoms with Gasteiger partial charge >= 0.3 is 0 Å². The third-order valence-electron chi connectivity index (χ3n) is 7.28. The number of piperazine rings is 1. The SMILES string of the molecule is O=C(C[C@H]1CC[C@@H]2[C@H](COC[C@@H](O)CN2C(=O)c2ccccn2)O1)N1CCN(c2ccccc2)CC1. The molecule has 0 saturated carbocycles. The Morgan fingerprint density at radius 3 is 2.50 bits per heavy atom. The van der Waals surface area contributed by atoms with E-state index in [2.05, 4.69) is 22.0 Å². The number of rotatable bonds is 4. The molecular formula is C27H34N4O5. The number of β-amino-alcohol motifs (C(OH)–C–C–N with tert-alkyl or cyclic N) is 1. The van der Waals surface area contributed by atoms with Gasteiger partial charge in [0.2, 0.25) is 5.91 Å². The second-order valence-corrected chi connectivity index (χ2v) is 9.71. The molecule has 9 nitrogen and oxygen atoms in total. The van der Waals surface area contributed by atoms with E-state index in [4.69, 9.17) is 9.47 Å². The van der Waals surface area contributed by atoms with E-state index in [9.17, 15) is 14.7 Å². The maximum absolute atomic E-state index is 13.3. The fraction of sp³-hybridized carbons (Fsp3) is 0.519. The first-order valence-electron chi connectivity index (χ1n) is 12.8. The fourth-order valence-electron chi connectivity index (χ4n) is 5.39. The lowest BCUT2D eigenvalue weighted by Crippen LogP contribution is -2.58. The molecule has 1 aromatic heterocycles. The molecule has 0 spiro atoms. The molecule has 0 aliphatic carbocycles. The van der Waals surface area contributed by atoms with Gasteiger partial charge in [-0.2, -0.15) is 0 Å². The molecular weight excluding hydrogens is 460 g/mol. The van der Waals surface area contributed by atoms with Crippen LogP contribution in [0.5, 0.6) is 0 Å². The summed E-state index contributed by atoms with van der Waals surface area (Å²) < 4.78 is 12.0. The van der Waals surface area contributed by atoms with Crippen molar-refractivity contribution in [3.8, 4) is 0 Å². The Morgan fingerprint density at radius 1 is 0.972 bits per heavy atom. The third kappa shape index (κ3) is 5.69. The Hall–Kier alpha value is -3.01. The number of aliphatic hydroxyl groups excluding tert-OH is 1. The minimum atomic E-state index is -0.771. The van der Waals surface area contributed by atoms with Crippen LogP contribution in [0.1, 0.15) is 29.8 Å². The zero-order chi connectivity index (χ0) is 24.9. The molecule has 3 saturated heterocycles. The first-order chi connectivity index (χ1) is 17.6. The van der Waals surface area contributed by atoms with Crippen LogP contribution in [0.25, 0.3) is 0 Å². The number of para-hydroxylation sites is 1. The van der Waals surface area contributed by atoms with E-state index in [1.807, 2.05) is 23.1 Å². The van der Waals surface area contributed by atoms with Gasteiger partial charge in [-0.1, -0.05) is 24.3 Å². The van der Waals surface area contributed by atoms with Crippen molar-refractivity contribution in [3.05, 3.63) is 60.4 Å². The van der Waals surface area contributed by atoms with E-state index in [0.29, 0.717) is 38.0 Å². The van der Waals surface area contributed by atoms with Crippen molar-refractivity contribution in [3.63, 3.8) is 0 Å². The molecule has 36 heavy (non-hydrogen) atoms. The number of hydrogen-bond acceptors (Lipinski definition) is 7. The Kier molecular flexibility index (Phi) is 7.79. The highest BCUT2D eigenvalue weighted by atomic mass is 16.5. The molecule has 0 bridgehead atoms. The lowest BCUT2D eigenvalue weighted by molar-refractivity contribution is -0.155. The third-order valence-corrected chi connectivity index (χ3v) is 7.28. The highest BCUT2D eigenvalue weighted by Gasteiger charge is 2.40. The van der Waals surface area contributed by atoms with Crippen molar-refractivity contribution in [2.75, 3.05) is 50.8 Å². The zero-order valence-electron chi connectivity index (χ0n) is 20.4. The molecule has 3 aliphatic rings. The number of anilines is 1. The Labute approximate surface area is 211 Å². The minimum absolute atomic E-state index is 0.106. The van der Waals surface area contributed by atoms with Gasteiger partial charge in [-0.3, -0.25) is 14.6 Å². The first-order valence-corrected chi connectivity index (χ1v) is 12.8. The summed E-state index contributed by atoms with van der Waals surface area (Å²) in [5.41, 5.74) is 1.53. The average molecular weight is 495 g/mol. The number of pyridine rings is 1. The molecule has 1 N–H and O–H groups in total. The van der Waals surface area contributed by atoms with Crippen LogP contribution in [-0.4, -0.2) is 102 Å². The molecule has 4 heterocycles. The fourth-order valence-corrected chi connectivity index (χ4v) is 5.39. The highest BCUT2D eigenvalue weighted by molar-refractivity contribution is 5.92. The predicted octanol–water partition coefficient (Wildman–Crippen LogP) is 1.57. The molecule has 3 aliphatic heterocycles. The van der Waals surface area contributed by atoms with E-state index < -0.39 is 6.10 Å². The van der Waals surface area contributed by atoms with Crippen LogP contribution < -0.4 is 4.90 Å². The molecule has 192 valence electrons. The van der Waals surface area contributed by atoms with Crippen molar-refractivity contribution >= 4 is 17.5 Å². The summed E-state index contributed by atoms with van der Waals surface area (Å²) >= 11 is 0. The quantitative estimate of drug-likeness (QED) is 0.689. The van der Waals surface area contributed by atoms with Gasteiger partial charge in [0.15, 0.2) is 0 Å². The second kappa shape index (κ2) is 11.4. The van der Waals surface area contributed by atoms with Gasteiger partial charge in [0.05, 0.1) is 37.9 Å². The lowest BCUT2D eigenvalue weighted by atomic mass is 9.94. The van der Waals surface area contributed by atoms with Gasteiger partial charge in [-0.25, -0.2) is 0 Å². The molecule has 0 radical (unpaired) electrons. The van der Waals surface area contributed by atoms with Gasteiger partial charge in [-0.15, -0.1) is 0 Å². The van der Waals surface area contributed by atoms with E-state index in [0.717, 1.165) is 13.1 Å². The Morgan fingerprint density at radius 2 is 1.75 bits per heavy atom. The highest BCUT2D eigenvalue weighted by Crippen LogP contribution is 2.29. The molecule has 5 rings (SSSR count). The number of aliphatic hydroxyl groups is 1. The van der Waals surface area contributed by atoms with Gasteiger partial charge < -0.3 is 29.3 Å². The normalized spacial score (nSPS) is 27.1. The van der Waals surface area contributed by atoms with E-state index in [1.54, 1.807) is 29.3 Å². The number of hydrogen-bond donors (Lipinski definition) is 1. The zero-order valence-corrected chi connectivity index (χ0v) is 20.4. The molecule has 2 amide bonds. The van der Waals surface area contributed by atoms with Crippen molar-refractivity contribution in [2.45, 2.75) is 43.6 Å². The second-order valence-electron chi connectivity index (χ2n) is 9.71. The van der Waals surface area contributed by atoms with Crippen LogP contribution >= 0.6 is 0 Å². The largest absolute Gasteiger partial charge is 0.389 e. The Bertz CT molecular complexity index is 1020. The van der Waals surface area contributed by atoms with Crippen molar-refractivity contribution < 1.29 is 24.2 Å². The summed E-state index contributed by atoms with van der Waals surface area (Å²) in [5, 5.41) is 10.3. The van der Waals surface area contributed by atoms with Gasteiger partial charge in [-0.05, 0) is 37.1 Å². The number of amides is 2. The van der Waals surface area contributed by atoms with Crippen LogP contribution in [0.3, 0.4) is 0 Å². The van der Waals surface area contributed by atoms with Crippen LogP contribution in [0.4, 0.5) is 5.69 Å².